The van der Waals surface area contributed by atoms with Crippen molar-refractivity contribution in [2.45, 2.75) is 53.5 Å². The molecule has 172 valence electrons. The molecule has 1 aromatic rings. The fourth-order valence-corrected chi connectivity index (χ4v) is 3.71. The fraction of sp³-hybridized carbons (Fsp3) is 0.609. The van der Waals surface area contributed by atoms with Gasteiger partial charge >= 0.3 is 6.03 Å². The van der Waals surface area contributed by atoms with E-state index in [1.807, 2.05) is 51.7 Å². The lowest BCUT2D eigenvalue weighted by atomic mass is 10.1. The number of benzene rings is 1. The molecule has 0 spiro atoms. The second-order valence-electron chi connectivity index (χ2n) is 8.90. The third-order valence-corrected chi connectivity index (χ3v) is 5.20. The average Bonchev–Trinajstić information content (AvgIpc) is 2.93. The molecule has 0 saturated carbocycles. The molecule has 8 nitrogen and oxygen atoms in total. The Morgan fingerprint density at radius 1 is 1.03 bits per heavy atom. The van der Waals surface area contributed by atoms with Gasteiger partial charge in [0.25, 0.3) is 5.91 Å². The van der Waals surface area contributed by atoms with Gasteiger partial charge in [0, 0.05) is 63.1 Å². The molecule has 0 radical (unpaired) electrons. The van der Waals surface area contributed by atoms with Gasteiger partial charge in [0.1, 0.15) is 0 Å². The van der Waals surface area contributed by atoms with Crippen LogP contribution >= 0.6 is 0 Å². The maximum atomic E-state index is 13.2. The monoisotopic (exact) mass is 431 g/mol. The molecule has 0 aliphatic carbocycles. The minimum Gasteiger partial charge on any atom is -0.369 e. The quantitative estimate of drug-likeness (QED) is 0.750. The standard InChI is InChI=1S/C23H37N5O3/c1-7-26(8-2)21(30)19-16-18(24-17(3)29)10-11-20(19)27-12-9-13-28(15-14-27)22(31)25-23(4,5)6/h10-11,16H,7-9,12-15H2,1-6H3,(H,24,29)(H,25,31). The first kappa shape index (κ1) is 24.5. The second-order valence-corrected chi connectivity index (χ2v) is 8.90. The number of hydrogen-bond donors (Lipinski definition) is 2. The first-order valence-electron chi connectivity index (χ1n) is 11.1. The van der Waals surface area contributed by atoms with Crippen molar-refractivity contribution in [3.8, 4) is 0 Å². The summed E-state index contributed by atoms with van der Waals surface area (Å²) in [7, 11) is 0. The number of hydrogen-bond acceptors (Lipinski definition) is 4. The van der Waals surface area contributed by atoms with Crippen LogP contribution in [0.3, 0.4) is 0 Å². The summed E-state index contributed by atoms with van der Waals surface area (Å²) in [6, 6.07) is 5.42. The third-order valence-electron chi connectivity index (χ3n) is 5.20. The Balaban J connectivity index is 2.28. The smallest absolute Gasteiger partial charge is 0.317 e. The van der Waals surface area contributed by atoms with Crippen molar-refractivity contribution in [3.05, 3.63) is 23.8 Å². The lowest BCUT2D eigenvalue weighted by Gasteiger charge is -2.29. The number of rotatable bonds is 5. The van der Waals surface area contributed by atoms with Gasteiger partial charge in [-0.25, -0.2) is 4.79 Å². The van der Waals surface area contributed by atoms with Gasteiger partial charge in [-0.05, 0) is 59.2 Å². The van der Waals surface area contributed by atoms with Crippen LogP contribution in [-0.2, 0) is 4.79 Å². The summed E-state index contributed by atoms with van der Waals surface area (Å²) in [4.78, 5) is 43.1. The van der Waals surface area contributed by atoms with Gasteiger partial charge in [0.15, 0.2) is 0 Å². The number of amides is 4. The molecule has 4 amide bonds. The highest BCUT2D eigenvalue weighted by Gasteiger charge is 2.25. The molecule has 1 heterocycles. The summed E-state index contributed by atoms with van der Waals surface area (Å²) in [5.74, 6) is -0.233. The van der Waals surface area contributed by atoms with E-state index in [0.29, 0.717) is 44.0 Å². The molecule has 1 aliphatic heterocycles. The first-order chi connectivity index (χ1) is 14.6. The van der Waals surface area contributed by atoms with Gasteiger partial charge in [-0.15, -0.1) is 0 Å². The molecule has 2 rings (SSSR count). The van der Waals surface area contributed by atoms with Crippen LogP contribution in [0.4, 0.5) is 16.2 Å². The highest BCUT2D eigenvalue weighted by atomic mass is 16.2. The van der Waals surface area contributed by atoms with E-state index in [2.05, 4.69) is 15.5 Å². The largest absolute Gasteiger partial charge is 0.369 e. The molecule has 0 aromatic heterocycles. The number of urea groups is 1. The van der Waals surface area contributed by atoms with E-state index in [1.165, 1.54) is 6.92 Å². The molecule has 0 atom stereocenters. The van der Waals surface area contributed by atoms with Gasteiger partial charge in [0.05, 0.1) is 5.56 Å². The van der Waals surface area contributed by atoms with Crippen LogP contribution in [0.25, 0.3) is 0 Å². The van der Waals surface area contributed by atoms with Crippen LogP contribution in [0.1, 0.15) is 58.3 Å². The van der Waals surface area contributed by atoms with Crippen LogP contribution < -0.4 is 15.5 Å². The van der Waals surface area contributed by atoms with Crippen LogP contribution in [0, 0.1) is 0 Å². The van der Waals surface area contributed by atoms with Crippen LogP contribution in [0.15, 0.2) is 18.2 Å². The van der Waals surface area contributed by atoms with Gasteiger partial charge in [-0.2, -0.15) is 0 Å². The predicted molar refractivity (Wildman–Crippen MR) is 125 cm³/mol. The third kappa shape index (κ3) is 6.87. The Kier molecular flexibility index (Phi) is 8.30. The molecule has 31 heavy (non-hydrogen) atoms. The number of anilines is 2. The highest BCUT2D eigenvalue weighted by molar-refractivity contribution is 6.02. The van der Waals surface area contributed by atoms with Crippen molar-refractivity contribution in [3.63, 3.8) is 0 Å². The number of nitrogens with one attached hydrogen (secondary N) is 2. The van der Waals surface area contributed by atoms with Crippen molar-refractivity contribution in [1.82, 2.24) is 15.1 Å². The van der Waals surface area contributed by atoms with E-state index in [-0.39, 0.29) is 23.4 Å². The van der Waals surface area contributed by atoms with Crippen molar-refractivity contribution < 1.29 is 14.4 Å². The van der Waals surface area contributed by atoms with E-state index in [4.69, 9.17) is 0 Å². The molecule has 1 fully saturated rings. The van der Waals surface area contributed by atoms with Gasteiger partial charge in [-0.3, -0.25) is 9.59 Å². The summed E-state index contributed by atoms with van der Waals surface area (Å²) >= 11 is 0. The number of carbonyl (C=O) groups is 3. The topological polar surface area (TPSA) is 85.0 Å². The van der Waals surface area contributed by atoms with Gasteiger partial charge in [-0.1, -0.05) is 0 Å². The highest BCUT2D eigenvalue weighted by Crippen LogP contribution is 2.27. The summed E-state index contributed by atoms with van der Waals surface area (Å²) < 4.78 is 0. The van der Waals surface area contributed by atoms with E-state index in [1.54, 1.807) is 11.0 Å². The van der Waals surface area contributed by atoms with Crippen molar-refractivity contribution >= 4 is 29.2 Å². The summed E-state index contributed by atoms with van der Waals surface area (Å²) in [6.07, 6.45) is 0.809. The molecular formula is C23H37N5O3. The van der Waals surface area contributed by atoms with E-state index < -0.39 is 0 Å². The minimum atomic E-state index is -0.286. The van der Waals surface area contributed by atoms with Gasteiger partial charge in [0.2, 0.25) is 5.91 Å². The van der Waals surface area contributed by atoms with Crippen LogP contribution in [0.5, 0.6) is 0 Å². The molecule has 2 N–H and O–H groups in total. The molecule has 1 aromatic carbocycles. The Morgan fingerprint density at radius 3 is 2.29 bits per heavy atom. The molecule has 8 heteroatoms. The Morgan fingerprint density at radius 2 is 1.71 bits per heavy atom. The number of carbonyl (C=O) groups excluding carboxylic acids is 3. The lowest BCUT2D eigenvalue weighted by molar-refractivity contribution is -0.114. The van der Waals surface area contributed by atoms with Crippen molar-refractivity contribution in [2.75, 3.05) is 49.5 Å². The Bertz CT molecular complexity index is 799. The predicted octanol–water partition coefficient (Wildman–Crippen LogP) is 3.15. The lowest BCUT2D eigenvalue weighted by Crippen LogP contribution is -2.49. The van der Waals surface area contributed by atoms with Crippen molar-refractivity contribution in [1.29, 1.82) is 0 Å². The Labute approximate surface area is 185 Å². The maximum absolute atomic E-state index is 13.2. The van der Waals surface area contributed by atoms with Gasteiger partial charge < -0.3 is 25.3 Å². The average molecular weight is 432 g/mol. The normalized spacial score (nSPS) is 14.6. The number of nitrogens with zero attached hydrogens (tertiary/aromatic N) is 3. The molecular weight excluding hydrogens is 394 g/mol. The van der Waals surface area contributed by atoms with Crippen LogP contribution in [-0.4, -0.2) is 72.5 Å². The zero-order valence-electron chi connectivity index (χ0n) is 19.7. The SMILES string of the molecule is CCN(CC)C(=O)c1cc(NC(C)=O)ccc1N1CCCN(C(=O)NC(C)(C)C)CC1. The second kappa shape index (κ2) is 10.5. The van der Waals surface area contributed by atoms with E-state index in [0.717, 1.165) is 18.7 Å². The molecule has 0 bridgehead atoms. The van der Waals surface area contributed by atoms with E-state index >= 15 is 0 Å². The summed E-state index contributed by atoms with van der Waals surface area (Å²) in [5, 5.41) is 5.80. The molecule has 1 saturated heterocycles. The summed E-state index contributed by atoms with van der Waals surface area (Å²) in [5.41, 5.74) is 1.73. The maximum Gasteiger partial charge on any atom is 0.317 e. The van der Waals surface area contributed by atoms with E-state index in [9.17, 15) is 14.4 Å². The minimum absolute atomic E-state index is 0.0567. The molecule has 0 unspecified atom stereocenters. The first-order valence-corrected chi connectivity index (χ1v) is 11.1. The zero-order valence-corrected chi connectivity index (χ0v) is 19.7. The zero-order chi connectivity index (χ0) is 23.2. The van der Waals surface area contributed by atoms with Crippen LogP contribution in [0.2, 0.25) is 0 Å². The van der Waals surface area contributed by atoms with Crippen molar-refractivity contribution in [2.24, 2.45) is 0 Å². The Hall–Kier alpha value is -2.77. The molecule has 1 aliphatic rings. The fourth-order valence-electron chi connectivity index (χ4n) is 3.71. The summed E-state index contributed by atoms with van der Waals surface area (Å²) in [6.45, 7) is 15.1.